The number of sulfonamides is 1. The number of nitrogens with two attached hydrogens (primary N) is 1. The van der Waals surface area contributed by atoms with Crippen LogP contribution in [0.25, 0.3) is 0 Å². The summed E-state index contributed by atoms with van der Waals surface area (Å²) in [5.41, 5.74) is -0.621. The summed E-state index contributed by atoms with van der Waals surface area (Å²) in [6.45, 7) is 3.14. The summed E-state index contributed by atoms with van der Waals surface area (Å²) in [6.07, 6.45) is 0. The highest BCUT2D eigenvalue weighted by molar-refractivity contribution is 9.10. The molecule has 0 aliphatic heterocycles. The number of benzene rings is 1. The third kappa shape index (κ3) is 3.27. The number of aliphatic hydroxyl groups is 1. The van der Waals surface area contributed by atoms with E-state index in [0.717, 1.165) is 0 Å². The van der Waals surface area contributed by atoms with E-state index in [2.05, 4.69) is 15.9 Å². The fourth-order valence-corrected chi connectivity index (χ4v) is 2.31. The first-order chi connectivity index (χ1) is 6.60. The van der Waals surface area contributed by atoms with E-state index in [1.807, 2.05) is 0 Å². The minimum atomic E-state index is -3.75. The quantitative estimate of drug-likeness (QED) is 0.863. The monoisotopic (exact) mass is 293 g/mol. The molecule has 0 fully saturated rings. The van der Waals surface area contributed by atoms with Crippen LogP contribution in [0.3, 0.4) is 0 Å². The van der Waals surface area contributed by atoms with Crippen LogP contribution < -0.4 is 5.14 Å². The third-order valence-corrected chi connectivity index (χ3v) is 3.26. The molecule has 1 aromatic carbocycles. The Hall–Kier alpha value is -0.430. The van der Waals surface area contributed by atoms with Gasteiger partial charge in [-0.25, -0.2) is 13.6 Å². The Balaban J connectivity index is 3.43. The van der Waals surface area contributed by atoms with Gasteiger partial charge in [0, 0.05) is 4.47 Å². The number of rotatable bonds is 2. The lowest BCUT2D eigenvalue weighted by molar-refractivity contribution is 0.0783. The van der Waals surface area contributed by atoms with Crippen LogP contribution in [0.2, 0.25) is 0 Å². The molecule has 6 heteroatoms. The predicted molar refractivity (Wildman–Crippen MR) is 60.8 cm³/mol. The molecule has 0 aliphatic carbocycles. The molecular weight excluding hydrogens is 282 g/mol. The van der Waals surface area contributed by atoms with Gasteiger partial charge in [-0.1, -0.05) is 15.9 Å². The SMILES string of the molecule is CC(C)(O)c1cc(Br)cc(S(N)(=O)=O)c1. The molecule has 4 nitrogen and oxygen atoms in total. The molecule has 0 atom stereocenters. The van der Waals surface area contributed by atoms with Crippen molar-refractivity contribution in [1.82, 2.24) is 0 Å². The van der Waals surface area contributed by atoms with Gasteiger partial charge in [-0.2, -0.15) is 0 Å². The summed E-state index contributed by atoms with van der Waals surface area (Å²) in [5.74, 6) is 0. The highest BCUT2D eigenvalue weighted by atomic mass is 79.9. The highest BCUT2D eigenvalue weighted by Crippen LogP contribution is 2.26. The van der Waals surface area contributed by atoms with Crippen LogP contribution in [-0.2, 0) is 15.6 Å². The third-order valence-electron chi connectivity index (χ3n) is 1.91. The Bertz CT molecular complexity index is 477. The smallest absolute Gasteiger partial charge is 0.238 e. The Morgan fingerprint density at radius 1 is 1.33 bits per heavy atom. The summed E-state index contributed by atoms with van der Waals surface area (Å²) in [5, 5.41) is 14.8. The van der Waals surface area contributed by atoms with E-state index in [9.17, 15) is 13.5 Å². The van der Waals surface area contributed by atoms with Crippen molar-refractivity contribution in [2.75, 3.05) is 0 Å². The van der Waals surface area contributed by atoms with Crippen LogP contribution >= 0.6 is 15.9 Å². The van der Waals surface area contributed by atoms with Gasteiger partial charge in [0.1, 0.15) is 0 Å². The zero-order valence-corrected chi connectivity index (χ0v) is 10.8. The van der Waals surface area contributed by atoms with Gasteiger partial charge >= 0.3 is 0 Å². The topological polar surface area (TPSA) is 80.4 Å². The standard InChI is InChI=1S/C9H12BrNO3S/c1-9(2,12)6-3-7(10)5-8(4-6)15(11,13)14/h3-5,12H,1-2H3,(H2,11,13,14). The van der Waals surface area contributed by atoms with Gasteiger partial charge in [0.05, 0.1) is 10.5 Å². The van der Waals surface area contributed by atoms with Crippen molar-refractivity contribution in [1.29, 1.82) is 0 Å². The summed E-state index contributed by atoms with van der Waals surface area (Å²) in [6, 6.07) is 4.40. The molecule has 0 unspecified atom stereocenters. The fraction of sp³-hybridized carbons (Fsp3) is 0.333. The molecule has 0 saturated carbocycles. The first-order valence-electron chi connectivity index (χ1n) is 4.17. The lowest BCUT2D eigenvalue weighted by atomic mass is 9.99. The second kappa shape index (κ2) is 3.86. The molecule has 0 radical (unpaired) electrons. The van der Waals surface area contributed by atoms with Crippen molar-refractivity contribution >= 4 is 26.0 Å². The fourth-order valence-electron chi connectivity index (χ4n) is 1.08. The molecule has 0 heterocycles. The number of hydrogen-bond acceptors (Lipinski definition) is 3. The Labute approximate surface area is 97.3 Å². The zero-order chi connectivity index (χ0) is 11.9. The molecule has 1 aromatic rings. The van der Waals surface area contributed by atoms with Crippen LogP contribution in [0.4, 0.5) is 0 Å². The zero-order valence-electron chi connectivity index (χ0n) is 8.36. The van der Waals surface area contributed by atoms with E-state index in [1.165, 1.54) is 12.1 Å². The van der Waals surface area contributed by atoms with Gasteiger partial charge in [-0.3, -0.25) is 0 Å². The number of primary sulfonamides is 1. The first kappa shape index (κ1) is 12.6. The average Bonchev–Trinajstić information content (AvgIpc) is 1.99. The van der Waals surface area contributed by atoms with Crippen LogP contribution in [0.1, 0.15) is 19.4 Å². The van der Waals surface area contributed by atoms with Gasteiger partial charge in [-0.05, 0) is 37.6 Å². The van der Waals surface area contributed by atoms with E-state index in [4.69, 9.17) is 5.14 Å². The molecule has 0 amide bonds. The van der Waals surface area contributed by atoms with E-state index >= 15 is 0 Å². The van der Waals surface area contributed by atoms with Crippen LogP contribution in [-0.4, -0.2) is 13.5 Å². The first-order valence-corrected chi connectivity index (χ1v) is 6.51. The van der Waals surface area contributed by atoms with Crippen molar-refractivity contribution in [2.45, 2.75) is 24.3 Å². The maximum Gasteiger partial charge on any atom is 0.238 e. The maximum absolute atomic E-state index is 11.1. The van der Waals surface area contributed by atoms with E-state index in [0.29, 0.717) is 10.0 Å². The van der Waals surface area contributed by atoms with E-state index in [1.54, 1.807) is 19.9 Å². The van der Waals surface area contributed by atoms with Gasteiger partial charge in [0.25, 0.3) is 0 Å². The number of halogens is 1. The van der Waals surface area contributed by atoms with Gasteiger partial charge in [0.2, 0.25) is 10.0 Å². The minimum Gasteiger partial charge on any atom is -0.386 e. The van der Waals surface area contributed by atoms with Crippen LogP contribution in [0.15, 0.2) is 27.6 Å². The molecule has 0 spiro atoms. The molecule has 0 aromatic heterocycles. The Kier molecular flexibility index (Phi) is 3.25. The Morgan fingerprint density at radius 3 is 2.27 bits per heavy atom. The van der Waals surface area contributed by atoms with Crippen molar-refractivity contribution in [3.63, 3.8) is 0 Å². The summed E-state index contributed by atoms with van der Waals surface area (Å²) in [7, 11) is -3.75. The second-order valence-corrected chi connectivity index (χ2v) is 6.26. The lowest BCUT2D eigenvalue weighted by Crippen LogP contribution is -2.18. The summed E-state index contributed by atoms with van der Waals surface area (Å²) < 4.78 is 22.8. The van der Waals surface area contributed by atoms with Crippen LogP contribution in [0.5, 0.6) is 0 Å². The molecule has 1 rings (SSSR count). The molecule has 84 valence electrons. The van der Waals surface area contributed by atoms with E-state index in [-0.39, 0.29) is 4.90 Å². The molecule has 15 heavy (non-hydrogen) atoms. The minimum absolute atomic E-state index is 0.0194. The largest absolute Gasteiger partial charge is 0.386 e. The Morgan fingerprint density at radius 2 is 1.87 bits per heavy atom. The normalized spacial score (nSPS) is 12.9. The molecule has 0 aliphatic rings. The van der Waals surface area contributed by atoms with Crippen molar-refractivity contribution in [2.24, 2.45) is 5.14 Å². The van der Waals surface area contributed by atoms with Gasteiger partial charge in [-0.15, -0.1) is 0 Å². The van der Waals surface area contributed by atoms with Crippen molar-refractivity contribution in [3.8, 4) is 0 Å². The van der Waals surface area contributed by atoms with Crippen molar-refractivity contribution in [3.05, 3.63) is 28.2 Å². The highest BCUT2D eigenvalue weighted by Gasteiger charge is 2.19. The molecular formula is C9H12BrNO3S. The molecule has 0 bridgehead atoms. The van der Waals surface area contributed by atoms with E-state index < -0.39 is 15.6 Å². The molecule has 0 saturated heterocycles. The molecule has 3 N–H and O–H groups in total. The van der Waals surface area contributed by atoms with Gasteiger partial charge in [0.15, 0.2) is 0 Å². The van der Waals surface area contributed by atoms with Crippen LogP contribution in [0, 0.1) is 0 Å². The lowest BCUT2D eigenvalue weighted by Gasteiger charge is -2.18. The maximum atomic E-state index is 11.1. The van der Waals surface area contributed by atoms with Crippen molar-refractivity contribution < 1.29 is 13.5 Å². The number of hydrogen-bond donors (Lipinski definition) is 2. The summed E-state index contributed by atoms with van der Waals surface area (Å²) >= 11 is 3.17. The predicted octanol–water partition coefficient (Wildman–Crippen LogP) is 1.32. The second-order valence-electron chi connectivity index (χ2n) is 3.78. The average molecular weight is 294 g/mol. The summed E-state index contributed by atoms with van der Waals surface area (Å²) in [4.78, 5) is -0.0194. The van der Waals surface area contributed by atoms with Gasteiger partial charge < -0.3 is 5.11 Å².